The van der Waals surface area contributed by atoms with E-state index in [0.29, 0.717) is 44.8 Å². The van der Waals surface area contributed by atoms with Gasteiger partial charge in [0.2, 0.25) is 0 Å². The molecule has 1 N–H and O–H groups in total. The number of likely N-dealkylation sites (tertiary alicyclic amines) is 1. The van der Waals surface area contributed by atoms with Gasteiger partial charge in [0.15, 0.2) is 0 Å². The third-order valence-electron chi connectivity index (χ3n) is 8.46. The molecule has 6 rings (SSSR count). The van der Waals surface area contributed by atoms with E-state index in [1.54, 1.807) is 0 Å². The van der Waals surface area contributed by atoms with Crippen LogP contribution in [0.3, 0.4) is 0 Å². The molecule has 0 bridgehead atoms. The van der Waals surface area contributed by atoms with Crippen LogP contribution in [-0.4, -0.2) is 94.4 Å². The van der Waals surface area contributed by atoms with E-state index >= 15 is 0 Å². The lowest BCUT2D eigenvalue weighted by Gasteiger charge is -2.41. The van der Waals surface area contributed by atoms with Crippen molar-refractivity contribution in [3.05, 3.63) is 47.9 Å². The fourth-order valence-corrected chi connectivity index (χ4v) is 6.23. The summed E-state index contributed by atoms with van der Waals surface area (Å²) in [6.45, 7) is 4.22. The second-order valence-electron chi connectivity index (χ2n) is 10.8. The molecule has 0 aliphatic carbocycles. The molecule has 2 aromatic heterocycles. The summed E-state index contributed by atoms with van der Waals surface area (Å²) < 4.78 is 6.23. The van der Waals surface area contributed by atoms with E-state index in [1.807, 2.05) is 18.5 Å². The van der Waals surface area contributed by atoms with Gasteiger partial charge in [0, 0.05) is 61.3 Å². The summed E-state index contributed by atoms with van der Waals surface area (Å²) in [6.07, 6.45) is 5.86. The third kappa shape index (κ3) is 5.07. The highest BCUT2D eigenvalue weighted by Crippen LogP contribution is 2.34. The Hall–Kier alpha value is -4.17. The largest absolute Gasteiger partial charge is 0.465 e. The van der Waals surface area contributed by atoms with Crippen molar-refractivity contribution in [3.63, 3.8) is 0 Å². The van der Waals surface area contributed by atoms with Crippen LogP contribution in [0.15, 0.2) is 36.7 Å². The highest BCUT2D eigenvalue weighted by Gasteiger charge is 2.34. The molecule has 0 radical (unpaired) electrons. The Morgan fingerprint density at radius 2 is 2.05 bits per heavy atom. The zero-order chi connectivity index (χ0) is 27.6. The van der Waals surface area contributed by atoms with Gasteiger partial charge in [0.05, 0.1) is 30.8 Å². The van der Waals surface area contributed by atoms with Crippen molar-refractivity contribution in [1.82, 2.24) is 24.8 Å². The number of nitriles is 1. The van der Waals surface area contributed by atoms with E-state index in [9.17, 15) is 15.2 Å². The highest BCUT2D eigenvalue weighted by molar-refractivity contribution is 5.93. The number of anilines is 2. The van der Waals surface area contributed by atoms with Crippen molar-refractivity contribution in [3.8, 4) is 12.1 Å². The predicted molar refractivity (Wildman–Crippen MR) is 151 cm³/mol. The molecule has 2 atom stereocenters. The minimum atomic E-state index is -0.991. The maximum atomic E-state index is 11.8. The number of rotatable bonds is 6. The Morgan fingerprint density at radius 3 is 2.85 bits per heavy atom. The first-order valence-electron chi connectivity index (χ1n) is 13.9. The molecule has 11 heteroatoms. The van der Waals surface area contributed by atoms with E-state index in [4.69, 9.17) is 14.7 Å². The SMILES string of the molecule is CN1CCCC1COc1nc2c(c(N3CCN(C(=O)O)C(CC#N)C3)n1)CCN(c1cccc3ccncc13)C2. The smallest absolute Gasteiger partial charge is 0.407 e. The maximum Gasteiger partial charge on any atom is 0.407 e. The Morgan fingerprint density at radius 1 is 1.15 bits per heavy atom. The van der Waals surface area contributed by atoms with Gasteiger partial charge in [0.1, 0.15) is 12.4 Å². The minimum absolute atomic E-state index is 0.135. The summed E-state index contributed by atoms with van der Waals surface area (Å²) >= 11 is 0. The quantitative estimate of drug-likeness (QED) is 0.497. The molecule has 11 nitrogen and oxygen atoms in total. The third-order valence-corrected chi connectivity index (χ3v) is 8.46. The number of pyridine rings is 1. The average molecular weight is 543 g/mol. The van der Waals surface area contributed by atoms with Crippen molar-refractivity contribution in [1.29, 1.82) is 5.26 Å². The van der Waals surface area contributed by atoms with Gasteiger partial charge < -0.3 is 29.4 Å². The van der Waals surface area contributed by atoms with Crippen molar-refractivity contribution in [2.45, 2.75) is 44.3 Å². The Balaban J connectivity index is 1.33. The van der Waals surface area contributed by atoms with E-state index < -0.39 is 12.1 Å². The molecule has 3 aromatic rings. The van der Waals surface area contributed by atoms with E-state index in [2.05, 4.69) is 51.0 Å². The van der Waals surface area contributed by atoms with E-state index in [0.717, 1.165) is 65.9 Å². The van der Waals surface area contributed by atoms with Gasteiger partial charge in [-0.25, -0.2) is 4.79 Å². The Labute approximate surface area is 233 Å². The van der Waals surface area contributed by atoms with Crippen LogP contribution < -0.4 is 14.5 Å². The van der Waals surface area contributed by atoms with Gasteiger partial charge in [-0.1, -0.05) is 12.1 Å². The monoisotopic (exact) mass is 542 g/mol. The molecule has 2 fully saturated rings. The molecule has 3 aliphatic rings. The number of likely N-dealkylation sites (N-methyl/N-ethyl adjacent to an activating group) is 1. The lowest BCUT2D eigenvalue weighted by atomic mass is 10.0. The van der Waals surface area contributed by atoms with Crippen LogP contribution in [0, 0.1) is 11.3 Å². The van der Waals surface area contributed by atoms with Crippen LogP contribution in [-0.2, 0) is 13.0 Å². The number of carbonyl (C=O) groups is 1. The molecule has 208 valence electrons. The molecule has 40 heavy (non-hydrogen) atoms. The first-order chi connectivity index (χ1) is 19.5. The maximum absolute atomic E-state index is 11.8. The van der Waals surface area contributed by atoms with Gasteiger partial charge >= 0.3 is 12.1 Å². The number of piperazine rings is 1. The summed E-state index contributed by atoms with van der Waals surface area (Å²) in [4.78, 5) is 34.1. The lowest BCUT2D eigenvalue weighted by Crippen LogP contribution is -2.55. The molecule has 1 amide bonds. The van der Waals surface area contributed by atoms with Crippen LogP contribution in [0.2, 0.25) is 0 Å². The first-order valence-corrected chi connectivity index (χ1v) is 13.9. The van der Waals surface area contributed by atoms with Gasteiger partial charge in [-0.05, 0) is 50.4 Å². The Kier molecular flexibility index (Phi) is 7.26. The van der Waals surface area contributed by atoms with Crippen LogP contribution in [0.4, 0.5) is 16.3 Å². The zero-order valence-corrected chi connectivity index (χ0v) is 22.7. The lowest BCUT2D eigenvalue weighted by molar-refractivity contribution is 0.119. The summed E-state index contributed by atoms with van der Waals surface area (Å²) in [7, 11) is 2.12. The number of fused-ring (bicyclic) bond motifs is 2. The van der Waals surface area contributed by atoms with Crippen LogP contribution >= 0.6 is 0 Å². The van der Waals surface area contributed by atoms with E-state index in [1.165, 1.54) is 4.90 Å². The second kappa shape index (κ2) is 11.1. The number of nitrogens with zero attached hydrogens (tertiary/aromatic N) is 8. The fourth-order valence-electron chi connectivity index (χ4n) is 6.23. The van der Waals surface area contributed by atoms with Crippen molar-refractivity contribution in [2.24, 2.45) is 0 Å². The molecular weight excluding hydrogens is 508 g/mol. The Bertz CT molecular complexity index is 1440. The number of hydrogen-bond acceptors (Lipinski definition) is 9. The van der Waals surface area contributed by atoms with Crippen molar-refractivity contribution in [2.75, 3.05) is 56.2 Å². The summed E-state index contributed by atoms with van der Waals surface area (Å²) in [6, 6.07) is 10.8. The van der Waals surface area contributed by atoms with Crippen molar-refractivity contribution < 1.29 is 14.6 Å². The van der Waals surface area contributed by atoms with Gasteiger partial charge in [-0.15, -0.1) is 0 Å². The normalized spacial score (nSPS) is 21.4. The van der Waals surface area contributed by atoms with Gasteiger partial charge in [0.25, 0.3) is 0 Å². The highest BCUT2D eigenvalue weighted by atomic mass is 16.5. The molecule has 2 saturated heterocycles. The molecular formula is C29H34N8O3. The zero-order valence-electron chi connectivity index (χ0n) is 22.7. The first kappa shape index (κ1) is 26.1. The number of benzene rings is 1. The summed E-state index contributed by atoms with van der Waals surface area (Å²) in [5.41, 5.74) is 3.11. The average Bonchev–Trinajstić information content (AvgIpc) is 3.39. The summed E-state index contributed by atoms with van der Waals surface area (Å²) in [5, 5.41) is 21.3. The predicted octanol–water partition coefficient (Wildman–Crippen LogP) is 3.14. The second-order valence-corrected chi connectivity index (χ2v) is 10.8. The standard InChI is InChI=1S/C29H34N8O3/c1-34-12-3-5-22(34)19-40-28-32-25-18-35(26-6-2-4-20-8-11-31-16-24(20)26)13-9-23(25)27(33-28)36-14-15-37(29(38)39)21(17-36)7-10-30/h2,4,6,8,11,16,21-22H,3,5,7,9,12-15,17-19H2,1H3,(H,38,39). The number of ether oxygens (including phenoxy) is 1. The van der Waals surface area contributed by atoms with Crippen LogP contribution in [0.1, 0.15) is 30.5 Å². The van der Waals surface area contributed by atoms with Gasteiger partial charge in [-0.2, -0.15) is 15.2 Å². The molecule has 0 spiro atoms. The number of aromatic nitrogens is 3. The van der Waals surface area contributed by atoms with Crippen LogP contribution in [0.25, 0.3) is 10.8 Å². The minimum Gasteiger partial charge on any atom is -0.465 e. The molecule has 1 aromatic carbocycles. The molecule has 2 unspecified atom stereocenters. The van der Waals surface area contributed by atoms with Crippen molar-refractivity contribution >= 4 is 28.4 Å². The van der Waals surface area contributed by atoms with Crippen LogP contribution in [0.5, 0.6) is 6.01 Å². The number of hydrogen-bond donors (Lipinski definition) is 1. The summed E-state index contributed by atoms with van der Waals surface area (Å²) in [5.74, 6) is 0.798. The number of carboxylic acid groups (broad SMARTS) is 1. The molecule has 5 heterocycles. The number of amides is 1. The van der Waals surface area contributed by atoms with E-state index in [-0.39, 0.29) is 6.42 Å². The topological polar surface area (TPSA) is 122 Å². The fraction of sp³-hybridized carbons (Fsp3) is 0.483. The van der Waals surface area contributed by atoms with Gasteiger partial charge in [-0.3, -0.25) is 4.98 Å². The molecule has 0 saturated carbocycles. The molecule has 3 aliphatic heterocycles.